The maximum absolute atomic E-state index is 5.31. The fourth-order valence-corrected chi connectivity index (χ4v) is 1.80. The zero-order chi connectivity index (χ0) is 10.7. The summed E-state index contributed by atoms with van der Waals surface area (Å²) >= 11 is 0. The summed E-state index contributed by atoms with van der Waals surface area (Å²) in [5.41, 5.74) is 0. The third-order valence-electron chi connectivity index (χ3n) is 2.84. The van der Waals surface area contributed by atoms with Gasteiger partial charge in [-0.1, -0.05) is 6.92 Å². The first-order chi connectivity index (χ1) is 7.31. The molecular formula is C10H18N4O. The normalized spacial score (nSPS) is 18.3. The number of nitrogens with zero attached hydrogens (tertiary/aromatic N) is 4. The molecule has 0 spiro atoms. The molecule has 1 fully saturated rings. The lowest BCUT2D eigenvalue weighted by atomic mass is 10.4. The highest BCUT2D eigenvalue weighted by Crippen LogP contribution is 2.06. The Kier molecular flexibility index (Phi) is 3.33. The van der Waals surface area contributed by atoms with Gasteiger partial charge in [-0.3, -0.25) is 4.90 Å². The van der Waals surface area contributed by atoms with Crippen molar-refractivity contribution in [3.8, 4) is 0 Å². The van der Waals surface area contributed by atoms with E-state index in [1.54, 1.807) is 0 Å². The minimum Gasteiger partial charge on any atom is -0.379 e. The summed E-state index contributed by atoms with van der Waals surface area (Å²) in [4.78, 5) is 2.35. The number of morpholine rings is 1. The second kappa shape index (κ2) is 4.72. The molecule has 0 saturated carbocycles. The summed E-state index contributed by atoms with van der Waals surface area (Å²) < 4.78 is 7.40. The van der Waals surface area contributed by atoms with E-state index in [-0.39, 0.29) is 0 Å². The molecule has 0 aromatic carbocycles. The standard InChI is InChI=1S/C10H18N4O/c1-3-9-11-12-10(13(9)2)8-14-4-6-15-7-5-14/h3-8H2,1-2H3. The molecule has 1 aromatic heterocycles. The Bertz CT molecular complexity index is 317. The highest BCUT2D eigenvalue weighted by Gasteiger charge is 2.14. The Hall–Kier alpha value is -0.940. The van der Waals surface area contributed by atoms with Gasteiger partial charge >= 0.3 is 0 Å². The summed E-state index contributed by atoms with van der Waals surface area (Å²) in [6.45, 7) is 6.63. The number of rotatable bonds is 3. The molecule has 0 bridgehead atoms. The van der Waals surface area contributed by atoms with Crippen LogP contribution in [0.1, 0.15) is 18.6 Å². The van der Waals surface area contributed by atoms with E-state index < -0.39 is 0 Å². The monoisotopic (exact) mass is 210 g/mol. The first kappa shape index (κ1) is 10.6. The molecule has 84 valence electrons. The van der Waals surface area contributed by atoms with E-state index in [0.29, 0.717) is 0 Å². The fraction of sp³-hybridized carbons (Fsp3) is 0.800. The van der Waals surface area contributed by atoms with E-state index >= 15 is 0 Å². The van der Waals surface area contributed by atoms with Gasteiger partial charge in [-0.25, -0.2) is 0 Å². The highest BCUT2D eigenvalue weighted by atomic mass is 16.5. The Balaban J connectivity index is 2.00. The van der Waals surface area contributed by atoms with Crippen molar-refractivity contribution in [1.29, 1.82) is 0 Å². The molecule has 0 atom stereocenters. The molecule has 0 radical (unpaired) electrons. The summed E-state index contributed by atoms with van der Waals surface area (Å²) in [6.07, 6.45) is 0.937. The van der Waals surface area contributed by atoms with Crippen LogP contribution in [0.15, 0.2) is 0 Å². The number of aryl methyl sites for hydroxylation is 1. The van der Waals surface area contributed by atoms with Crippen LogP contribution < -0.4 is 0 Å². The molecule has 1 aliphatic heterocycles. The third-order valence-corrected chi connectivity index (χ3v) is 2.84. The van der Waals surface area contributed by atoms with Gasteiger partial charge in [0.25, 0.3) is 0 Å². The van der Waals surface area contributed by atoms with E-state index in [1.165, 1.54) is 0 Å². The molecule has 0 aliphatic carbocycles. The SMILES string of the molecule is CCc1nnc(CN2CCOCC2)n1C. The Labute approximate surface area is 90.0 Å². The van der Waals surface area contributed by atoms with Gasteiger partial charge in [-0.2, -0.15) is 0 Å². The molecule has 2 rings (SSSR count). The molecular weight excluding hydrogens is 192 g/mol. The zero-order valence-corrected chi connectivity index (χ0v) is 9.44. The van der Waals surface area contributed by atoms with Crippen LogP contribution in [-0.2, 0) is 24.8 Å². The minimum atomic E-state index is 0.832. The molecule has 1 aromatic rings. The Morgan fingerprint density at radius 3 is 2.47 bits per heavy atom. The van der Waals surface area contributed by atoms with Gasteiger partial charge in [0.05, 0.1) is 19.8 Å². The van der Waals surface area contributed by atoms with E-state index in [2.05, 4.69) is 26.6 Å². The first-order valence-corrected chi connectivity index (χ1v) is 5.48. The van der Waals surface area contributed by atoms with Crippen LogP contribution in [0.25, 0.3) is 0 Å². The van der Waals surface area contributed by atoms with E-state index in [9.17, 15) is 0 Å². The Morgan fingerprint density at radius 1 is 1.20 bits per heavy atom. The van der Waals surface area contributed by atoms with Gasteiger partial charge in [0.2, 0.25) is 0 Å². The van der Waals surface area contributed by atoms with Gasteiger partial charge in [-0.15, -0.1) is 10.2 Å². The lowest BCUT2D eigenvalue weighted by Gasteiger charge is -2.25. The van der Waals surface area contributed by atoms with Gasteiger partial charge in [0.15, 0.2) is 0 Å². The smallest absolute Gasteiger partial charge is 0.146 e. The molecule has 5 nitrogen and oxygen atoms in total. The lowest BCUT2D eigenvalue weighted by molar-refractivity contribution is 0.0326. The minimum absolute atomic E-state index is 0.832. The first-order valence-electron chi connectivity index (χ1n) is 5.48. The third kappa shape index (κ3) is 2.35. The largest absolute Gasteiger partial charge is 0.379 e. The molecule has 5 heteroatoms. The number of hydrogen-bond donors (Lipinski definition) is 0. The summed E-state index contributed by atoms with van der Waals surface area (Å²) in [5.74, 6) is 2.10. The average molecular weight is 210 g/mol. The van der Waals surface area contributed by atoms with Crippen LogP contribution in [0.4, 0.5) is 0 Å². The van der Waals surface area contributed by atoms with Gasteiger partial charge in [0.1, 0.15) is 11.6 Å². The maximum Gasteiger partial charge on any atom is 0.146 e. The molecule has 15 heavy (non-hydrogen) atoms. The van der Waals surface area contributed by atoms with Crippen molar-refractivity contribution < 1.29 is 4.74 Å². The van der Waals surface area contributed by atoms with Crippen LogP contribution in [0.3, 0.4) is 0 Å². The van der Waals surface area contributed by atoms with Crippen molar-refractivity contribution in [3.63, 3.8) is 0 Å². The molecule has 1 aliphatic rings. The summed E-state index contributed by atoms with van der Waals surface area (Å²) in [6, 6.07) is 0. The molecule has 0 amide bonds. The summed E-state index contributed by atoms with van der Waals surface area (Å²) in [7, 11) is 2.04. The topological polar surface area (TPSA) is 43.2 Å². The quantitative estimate of drug-likeness (QED) is 0.715. The van der Waals surface area contributed by atoms with Crippen molar-refractivity contribution in [2.75, 3.05) is 26.3 Å². The van der Waals surface area contributed by atoms with Gasteiger partial charge < -0.3 is 9.30 Å². The van der Waals surface area contributed by atoms with E-state index in [0.717, 1.165) is 50.9 Å². The average Bonchev–Trinajstić information content (AvgIpc) is 2.62. The van der Waals surface area contributed by atoms with Crippen LogP contribution >= 0.6 is 0 Å². The molecule has 0 unspecified atom stereocenters. The molecule has 2 heterocycles. The van der Waals surface area contributed by atoms with Crippen molar-refractivity contribution in [2.45, 2.75) is 19.9 Å². The van der Waals surface area contributed by atoms with Crippen molar-refractivity contribution in [3.05, 3.63) is 11.6 Å². The fourth-order valence-electron chi connectivity index (χ4n) is 1.80. The van der Waals surface area contributed by atoms with Crippen LogP contribution in [-0.4, -0.2) is 46.0 Å². The van der Waals surface area contributed by atoms with Crippen molar-refractivity contribution in [2.24, 2.45) is 7.05 Å². The number of hydrogen-bond acceptors (Lipinski definition) is 4. The van der Waals surface area contributed by atoms with Crippen molar-refractivity contribution >= 4 is 0 Å². The second-order valence-electron chi connectivity index (χ2n) is 3.83. The maximum atomic E-state index is 5.31. The van der Waals surface area contributed by atoms with Crippen molar-refractivity contribution in [1.82, 2.24) is 19.7 Å². The van der Waals surface area contributed by atoms with Crippen LogP contribution in [0, 0.1) is 0 Å². The predicted octanol–water partition coefficient (Wildman–Crippen LogP) is 0.210. The van der Waals surface area contributed by atoms with Crippen LogP contribution in [0.5, 0.6) is 0 Å². The summed E-state index contributed by atoms with van der Waals surface area (Å²) in [5, 5.41) is 8.37. The lowest BCUT2D eigenvalue weighted by Crippen LogP contribution is -2.36. The molecule has 0 N–H and O–H groups in total. The Morgan fingerprint density at radius 2 is 1.87 bits per heavy atom. The van der Waals surface area contributed by atoms with Gasteiger partial charge in [0, 0.05) is 26.6 Å². The number of ether oxygens (including phenoxy) is 1. The second-order valence-corrected chi connectivity index (χ2v) is 3.83. The van der Waals surface area contributed by atoms with E-state index in [1.807, 2.05) is 7.05 Å². The molecule has 1 saturated heterocycles. The zero-order valence-electron chi connectivity index (χ0n) is 9.44. The number of aromatic nitrogens is 3. The van der Waals surface area contributed by atoms with Crippen LogP contribution in [0.2, 0.25) is 0 Å². The van der Waals surface area contributed by atoms with E-state index in [4.69, 9.17) is 4.74 Å². The predicted molar refractivity (Wildman–Crippen MR) is 56.5 cm³/mol. The highest BCUT2D eigenvalue weighted by molar-refractivity contribution is 4.94. The van der Waals surface area contributed by atoms with Gasteiger partial charge in [-0.05, 0) is 0 Å².